The summed E-state index contributed by atoms with van der Waals surface area (Å²) in [6, 6.07) is 3.78. The highest BCUT2D eigenvalue weighted by Gasteiger charge is 2.16. The summed E-state index contributed by atoms with van der Waals surface area (Å²) in [5.41, 5.74) is 0. The average molecular weight is 551 g/mol. The van der Waals surface area contributed by atoms with Gasteiger partial charge in [-0.2, -0.15) is 8.42 Å². The van der Waals surface area contributed by atoms with Gasteiger partial charge in [0.1, 0.15) is 19.3 Å². The molecule has 0 radical (unpaired) electrons. The lowest BCUT2D eigenvalue weighted by Crippen LogP contribution is -2.29. The lowest BCUT2D eigenvalue weighted by molar-refractivity contribution is -0.155. The van der Waals surface area contributed by atoms with E-state index in [0.29, 0.717) is 32.3 Å². The van der Waals surface area contributed by atoms with Gasteiger partial charge in [0.25, 0.3) is 0 Å². The Morgan fingerprint density at radius 1 is 0.833 bits per heavy atom. The summed E-state index contributed by atoms with van der Waals surface area (Å²) < 4.78 is 50.9. The Hall–Kier alpha value is -1.53. The standard InChI is InChI=1S/C25H42O9S2/c1-3-5-7-9-11-24(26)32-19-21(20-33-25(27)12-10-8-6-4-2)31-17-15-22-13-14-23(35-22)16-18-34-36(28,29)30/h13-14,21H,3-12,15-20H2,1-2H3,(H,28,29,30). The van der Waals surface area contributed by atoms with Crippen LogP contribution in [0.5, 0.6) is 0 Å². The number of hydrogen-bond donors (Lipinski definition) is 1. The van der Waals surface area contributed by atoms with Gasteiger partial charge >= 0.3 is 22.3 Å². The lowest BCUT2D eigenvalue weighted by Gasteiger charge is -2.18. The second-order valence-electron chi connectivity index (χ2n) is 8.60. The summed E-state index contributed by atoms with van der Waals surface area (Å²) >= 11 is 1.49. The molecular formula is C25H42O9S2. The topological polar surface area (TPSA) is 125 Å². The minimum Gasteiger partial charge on any atom is -0.463 e. The van der Waals surface area contributed by atoms with Crippen molar-refractivity contribution in [2.24, 2.45) is 0 Å². The number of carbonyl (C=O) groups excluding carboxylic acids is 2. The summed E-state index contributed by atoms with van der Waals surface area (Å²) in [6.45, 7) is 4.48. The van der Waals surface area contributed by atoms with Crippen LogP contribution in [0.4, 0.5) is 0 Å². The van der Waals surface area contributed by atoms with Gasteiger partial charge in [0.2, 0.25) is 0 Å². The fourth-order valence-corrected chi connectivity index (χ4v) is 4.59. The molecule has 0 unspecified atom stereocenters. The molecule has 1 aromatic heterocycles. The Balaban J connectivity index is 2.46. The fraction of sp³-hybridized carbons (Fsp3) is 0.760. The van der Waals surface area contributed by atoms with Gasteiger partial charge in [-0.15, -0.1) is 11.3 Å². The van der Waals surface area contributed by atoms with Crippen LogP contribution in [0.15, 0.2) is 12.1 Å². The van der Waals surface area contributed by atoms with Gasteiger partial charge in [0.05, 0.1) is 13.2 Å². The van der Waals surface area contributed by atoms with E-state index in [2.05, 4.69) is 18.0 Å². The van der Waals surface area contributed by atoms with E-state index >= 15 is 0 Å². The first-order chi connectivity index (χ1) is 17.2. The van der Waals surface area contributed by atoms with Gasteiger partial charge in [-0.3, -0.25) is 14.1 Å². The molecule has 0 saturated heterocycles. The van der Waals surface area contributed by atoms with E-state index in [0.717, 1.165) is 61.1 Å². The van der Waals surface area contributed by atoms with Crippen LogP contribution in [-0.2, 0) is 51.2 Å². The molecule has 0 atom stereocenters. The van der Waals surface area contributed by atoms with Crippen LogP contribution in [0, 0.1) is 0 Å². The number of esters is 2. The second kappa shape index (κ2) is 19.6. The van der Waals surface area contributed by atoms with Gasteiger partial charge in [0, 0.05) is 35.4 Å². The van der Waals surface area contributed by atoms with Crippen LogP contribution in [0.1, 0.15) is 87.8 Å². The first-order valence-corrected chi connectivity index (χ1v) is 15.0. The Morgan fingerprint density at radius 3 is 1.81 bits per heavy atom. The van der Waals surface area contributed by atoms with Crippen LogP contribution >= 0.6 is 11.3 Å². The molecule has 208 valence electrons. The van der Waals surface area contributed by atoms with Gasteiger partial charge in [-0.05, 0) is 25.0 Å². The smallest absolute Gasteiger partial charge is 0.397 e. The minimum absolute atomic E-state index is 0.0262. The third-order valence-electron chi connectivity index (χ3n) is 5.33. The summed E-state index contributed by atoms with van der Waals surface area (Å²) in [6.07, 6.45) is 9.07. The number of hydrogen-bond acceptors (Lipinski definition) is 9. The summed E-state index contributed by atoms with van der Waals surface area (Å²) in [7, 11) is -4.44. The third-order valence-corrected chi connectivity index (χ3v) is 7.00. The predicted octanol–water partition coefficient (Wildman–Crippen LogP) is 5.06. The monoisotopic (exact) mass is 550 g/mol. The van der Waals surface area contributed by atoms with Crippen LogP contribution in [0.25, 0.3) is 0 Å². The van der Waals surface area contributed by atoms with Crippen molar-refractivity contribution < 1.29 is 41.0 Å². The van der Waals surface area contributed by atoms with Crippen LogP contribution in [0.3, 0.4) is 0 Å². The van der Waals surface area contributed by atoms with Crippen molar-refractivity contribution in [2.75, 3.05) is 26.4 Å². The highest BCUT2D eigenvalue weighted by molar-refractivity contribution is 7.80. The Labute approximate surface area is 219 Å². The van der Waals surface area contributed by atoms with Crippen molar-refractivity contribution >= 4 is 33.7 Å². The number of rotatable bonds is 22. The van der Waals surface area contributed by atoms with E-state index in [1.807, 2.05) is 12.1 Å². The normalized spacial score (nSPS) is 11.7. The maximum atomic E-state index is 12.1. The van der Waals surface area contributed by atoms with E-state index in [1.165, 1.54) is 11.3 Å². The highest BCUT2D eigenvalue weighted by Crippen LogP contribution is 2.18. The van der Waals surface area contributed by atoms with E-state index in [-0.39, 0.29) is 31.8 Å². The number of carbonyl (C=O) groups is 2. The number of ether oxygens (including phenoxy) is 3. The van der Waals surface area contributed by atoms with Gasteiger partial charge in [-0.25, -0.2) is 4.18 Å². The quantitative estimate of drug-likeness (QED) is 0.120. The molecule has 36 heavy (non-hydrogen) atoms. The zero-order valence-electron chi connectivity index (χ0n) is 21.6. The predicted molar refractivity (Wildman–Crippen MR) is 138 cm³/mol. The minimum atomic E-state index is -4.44. The lowest BCUT2D eigenvalue weighted by atomic mass is 10.1. The molecule has 0 bridgehead atoms. The molecule has 0 fully saturated rings. The van der Waals surface area contributed by atoms with E-state index in [9.17, 15) is 18.0 Å². The van der Waals surface area contributed by atoms with Crippen molar-refractivity contribution in [1.82, 2.24) is 0 Å². The summed E-state index contributed by atoms with van der Waals surface area (Å²) in [5, 5.41) is 0. The van der Waals surface area contributed by atoms with Gasteiger partial charge < -0.3 is 14.2 Å². The molecule has 0 aliphatic carbocycles. The van der Waals surface area contributed by atoms with Gasteiger partial charge in [-0.1, -0.05) is 52.4 Å². The molecule has 11 heteroatoms. The average Bonchev–Trinajstić information content (AvgIpc) is 3.27. The molecule has 0 aromatic carbocycles. The molecule has 1 rings (SSSR count). The molecule has 1 heterocycles. The third kappa shape index (κ3) is 17.8. The van der Waals surface area contributed by atoms with Crippen LogP contribution < -0.4 is 0 Å². The Kier molecular flexibility index (Phi) is 17.7. The van der Waals surface area contributed by atoms with Crippen molar-refractivity contribution in [1.29, 1.82) is 0 Å². The Morgan fingerprint density at radius 2 is 1.33 bits per heavy atom. The summed E-state index contributed by atoms with van der Waals surface area (Å²) in [4.78, 5) is 26.0. The van der Waals surface area contributed by atoms with Crippen molar-refractivity contribution in [3.8, 4) is 0 Å². The van der Waals surface area contributed by atoms with E-state index in [4.69, 9.17) is 18.8 Å². The van der Waals surface area contributed by atoms with E-state index < -0.39 is 16.5 Å². The van der Waals surface area contributed by atoms with Crippen LogP contribution in [-0.4, -0.2) is 57.4 Å². The molecule has 1 aromatic rings. The maximum Gasteiger partial charge on any atom is 0.397 e. The zero-order valence-corrected chi connectivity index (χ0v) is 23.2. The van der Waals surface area contributed by atoms with Crippen molar-refractivity contribution in [2.45, 2.75) is 97.0 Å². The molecule has 0 spiro atoms. The molecule has 0 aliphatic heterocycles. The first kappa shape index (κ1) is 32.5. The molecule has 9 nitrogen and oxygen atoms in total. The molecule has 0 saturated carbocycles. The Bertz CT molecular complexity index is 808. The molecule has 0 aliphatic rings. The highest BCUT2D eigenvalue weighted by atomic mass is 32.3. The number of unbranched alkanes of at least 4 members (excludes halogenated alkanes) is 6. The zero-order chi connectivity index (χ0) is 26.7. The van der Waals surface area contributed by atoms with Crippen molar-refractivity contribution in [3.63, 3.8) is 0 Å². The summed E-state index contributed by atoms with van der Waals surface area (Å²) in [5.74, 6) is -0.554. The van der Waals surface area contributed by atoms with Crippen molar-refractivity contribution in [3.05, 3.63) is 21.9 Å². The molecule has 0 amide bonds. The van der Waals surface area contributed by atoms with Crippen LogP contribution in [0.2, 0.25) is 0 Å². The van der Waals surface area contributed by atoms with E-state index in [1.54, 1.807) is 0 Å². The molecule has 1 N–H and O–H groups in total. The SMILES string of the molecule is CCCCCCC(=O)OCC(COC(=O)CCCCCC)OCCc1ccc(CCOS(=O)(=O)O)s1. The second-order valence-corrected chi connectivity index (χ2v) is 10.9. The number of thiophene rings is 1. The maximum absolute atomic E-state index is 12.1. The van der Waals surface area contributed by atoms with Gasteiger partial charge in [0.15, 0.2) is 0 Å². The molecular weight excluding hydrogens is 508 g/mol. The largest absolute Gasteiger partial charge is 0.463 e. The first-order valence-electron chi connectivity index (χ1n) is 12.9. The fourth-order valence-electron chi connectivity index (χ4n) is 3.32.